The van der Waals surface area contributed by atoms with Crippen LogP contribution in [0.1, 0.15) is 0 Å². The van der Waals surface area contributed by atoms with Gasteiger partial charge in [0, 0.05) is 39.7 Å². The van der Waals surface area contributed by atoms with E-state index in [1.165, 1.54) is 0 Å². The SMILES string of the molecule is ClSCl.[Li].[P].[Si]. The van der Waals surface area contributed by atoms with Crippen molar-refractivity contribution in [3.05, 3.63) is 0 Å². The average molecular weight is 169 g/mol. The van der Waals surface area contributed by atoms with Gasteiger partial charge in [0.25, 0.3) is 0 Å². The summed E-state index contributed by atoms with van der Waals surface area (Å²) in [5.41, 5.74) is 0. The monoisotopic (exact) mass is 168 g/mol. The van der Waals surface area contributed by atoms with Crippen LogP contribution in [0.3, 0.4) is 0 Å². The van der Waals surface area contributed by atoms with E-state index in [-0.39, 0.29) is 39.7 Å². The third-order valence-corrected chi connectivity index (χ3v) is 0. The standard InChI is InChI=1S/Cl2S.Li.P.Si/c1-3-2;;;. The van der Waals surface area contributed by atoms with E-state index < -0.39 is 0 Å². The van der Waals surface area contributed by atoms with Crippen LogP contribution in [0.15, 0.2) is 0 Å². The first-order valence-corrected chi connectivity index (χ1v) is 2.78. The van der Waals surface area contributed by atoms with Crippen molar-refractivity contribution < 1.29 is 0 Å². The van der Waals surface area contributed by atoms with Gasteiger partial charge in [-0.3, -0.25) is 0 Å². The van der Waals surface area contributed by atoms with Crippen molar-refractivity contribution in [2.45, 2.75) is 0 Å². The predicted octanol–water partition coefficient (Wildman–Crippen LogP) is 2.13. The summed E-state index contributed by atoms with van der Waals surface area (Å²) in [5.74, 6) is 0. The summed E-state index contributed by atoms with van der Waals surface area (Å²) in [5, 5.41) is 0. The molecular weight excluding hydrogens is 169 g/mol. The summed E-state index contributed by atoms with van der Waals surface area (Å²) in [7, 11) is 10.1. The molecule has 6 heavy (non-hydrogen) atoms. The molecule has 0 N–H and O–H groups in total. The molecule has 0 nitrogen and oxygen atoms in total. The molecule has 0 saturated heterocycles. The fourth-order valence-electron chi connectivity index (χ4n) is 0. The minimum absolute atomic E-state index is 0. The summed E-state index contributed by atoms with van der Waals surface area (Å²) in [6, 6.07) is 0. The summed E-state index contributed by atoms with van der Waals surface area (Å²) in [6.07, 6.45) is 0. The van der Waals surface area contributed by atoms with Gasteiger partial charge in [0.15, 0.2) is 0 Å². The fourth-order valence-corrected chi connectivity index (χ4v) is 0. The molecule has 0 aromatic carbocycles. The van der Waals surface area contributed by atoms with E-state index in [1.807, 2.05) is 0 Å². The average Bonchev–Trinajstić information content (AvgIpc) is 0.918. The molecule has 0 rings (SSSR count). The van der Waals surface area contributed by atoms with Crippen molar-refractivity contribution in [2.75, 3.05) is 0 Å². The van der Waals surface area contributed by atoms with Crippen LogP contribution in [-0.4, -0.2) is 29.8 Å². The Kier molecular flexibility index (Phi) is 109. The molecule has 0 aromatic rings. The van der Waals surface area contributed by atoms with Crippen LogP contribution in [0, 0.1) is 0 Å². The zero-order valence-corrected chi connectivity index (χ0v) is 7.33. The van der Waals surface area contributed by atoms with Gasteiger partial charge in [-0.15, -0.1) is 0 Å². The Balaban J connectivity index is -0.00000000667. The van der Waals surface area contributed by atoms with E-state index in [4.69, 9.17) is 0 Å². The second kappa shape index (κ2) is 27.1. The zero-order chi connectivity index (χ0) is 2.71. The van der Waals surface area contributed by atoms with E-state index in [0.29, 0.717) is 10.2 Å². The summed E-state index contributed by atoms with van der Waals surface area (Å²) < 4.78 is 0. The van der Waals surface area contributed by atoms with Crippen LogP contribution in [0.4, 0.5) is 0 Å². The van der Waals surface area contributed by atoms with E-state index >= 15 is 0 Å². The second-order valence-corrected chi connectivity index (χ2v) is 1.57. The molecule has 0 bridgehead atoms. The van der Waals surface area contributed by atoms with Gasteiger partial charge in [0.2, 0.25) is 0 Å². The number of hydrogen-bond acceptors (Lipinski definition) is 1. The van der Waals surface area contributed by atoms with Crippen molar-refractivity contribution in [3.63, 3.8) is 0 Å². The molecule has 0 aliphatic carbocycles. The number of hydrogen-bond donors (Lipinski definition) is 0. The minimum Gasteiger partial charge on any atom is -0.0261 e. The Hall–Kier alpha value is 2.17. The Labute approximate surface area is 70.9 Å². The molecule has 0 fully saturated rings. The molecule has 0 aliphatic rings. The first-order valence-electron chi connectivity index (χ1n) is 0.309. The van der Waals surface area contributed by atoms with Crippen molar-refractivity contribution in [2.24, 2.45) is 0 Å². The Bertz CT molecular complexity index is 13.5. The molecule has 0 aliphatic heterocycles. The smallest absolute Gasteiger partial charge is 0.0261 e. The van der Waals surface area contributed by atoms with Gasteiger partial charge in [-0.2, -0.15) is 0 Å². The van der Waals surface area contributed by atoms with E-state index in [0.717, 1.165) is 0 Å². The molecule has 0 atom stereocenters. The van der Waals surface area contributed by atoms with E-state index in [2.05, 4.69) is 21.4 Å². The molecule has 0 spiro atoms. The normalized spacial score (nSPS) is 3.00. The van der Waals surface area contributed by atoms with E-state index in [1.54, 1.807) is 0 Å². The van der Waals surface area contributed by atoms with Gasteiger partial charge in [0.05, 0.1) is 10.2 Å². The third kappa shape index (κ3) is 35.0. The van der Waals surface area contributed by atoms with Gasteiger partial charge in [-0.25, -0.2) is 0 Å². The van der Waals surface area contributed by atoms with Crippen LogP contribution >= 0.6 is 41.5 Å². The molecular formula is Cl2LiPSSi. The fraction of sp³-hybridized carbons (Fsp3) is 0. The van der Waals surface area contributed by atoms with E-state index in [9.17, 15) is 0 Å². The van der Waals surface area contributed by atoms with Gasteiger partial charge in [-0.1, -0.05) is 0 Å². The molecule has 30 valence electrons. The first kappa shape index (κ1) is 24.1. The van der Waals surface area contributed by atoms with Crippen LogP contribution in [-0.2, 0) is 0 Å². The second-order valence-electron chi connectivity index (χ2n) is 0.0583. The Morgan fingerprint density at radius 1 is 1.17 bits per heavy atom. The summed E-state index contributed by atoms with van der Waals surface area (Å²) >= 11 is 0. The summed E-state index contributed by atoms with van der Waals surface area (Å²) in [4.78, 5) is 0. The van der Waals surface area contributed by atoms with Crippen LogP contribution in [0.5, 0.6) is 0 Å². The molecule has 6 heteroatoms. The van der Waals surface area contributed by atoms with Crippen LogP contribution in [0.25, 0.3) is 0 Å². The predicted molar refractivity (Wildman–Crippen MR) is 37.7 cm³/mol. The van der Waals surface area contributed by atoms with Gasteiger partial charge in [0.1, 0.15) is 0 Å². The van der Waals surface area contributed by atoms with Crippen molar-refractivity contribution >= 4 is 71.3 Å². The zero-order valence-electron chi connectivity index (χ0n) is 3.11. The molecule has 0 saturated carbocycles. The Morgan fingerprint density at radius 3 is 1.17 bits per heavy atom. The number of halogens is 2. The molecule has 0 amide bonds. The first-order chi connectivity index (χ1) is 1.41. The molecule has 0 unspecified atom stereocenters. The largest absolute Gasteiger partial charge is 0.0523 e. The van der Waals surface area contributed by atoms with Crippen molar-refractivity contribution in [1.29, 1.82) is 0 Å². The van der Waals surface area contributed by atoms with Crippen molar-refractivity contribution in [3.8, 4) is 0 Å². The quantitative estimate of drug-likeness (QED) is 0.395. The Morgan fingerprint density at radius 2 is 1.17 bits per heavy atom. The maximum Gasteiger partial charge on any atom is 0.0523 e. The minimum atomic E-state index is 0. The molecule has 0 heterocycles. The van der Waals surface area contributed by atoms with Gasteiger partial charge >= 0.3 is 0 Å². The maximum absolute atomic E-state index is 4.68. The molecule has 8 radical (unpaired) electrons. The van der Waals surface area contributed by atoms with Gasteiger partial charge in [-0.05, 0) is 21.4 Å². The van der Waals surface area contributed by atoms with Gasteiger partial charge < -0.3 is 0 Å². The van der Waals surface area contributed by atoms with Crippen molar-refractivity contribution in [1.82, 2.24) is 0 Å². The van der Waals surface area contributed by atoms with Crippen LogP contribution < -0.4 is 0 Å². The van der Waals surface area contributed by atoms with Crippen LogP contribution in [0.2, 0.25) is 0 Å². The summed E-state index contributed by atoms with van der Waals surface area (Å²) in [6.45, 7) is 0. The third-order valence-electron chi connectivity index (χ3n) is 0. The topological polar surface area (TPSA) is 0 Å². The maximum atomic E-state index is 4.68. The number of rotatable bonds is 0. The molecule has 0 aromatic heterocycles.